The lowest BCUT2D eigenvalue weighted by atomic mass is 10.0. The number of ether oxygens (including phenoxy) is 1. The molecule has 39 heavy (non-hydrogen) atoms. The maximum atomic E-state index is 12.9. The minimum atomic E-state index is -4.32. The molecule has 0 atom stereocenters. The van der Waals surface area contributed by atoms with Crippen LogP contribution in [0, 0.1) is 0 Å². The molecule has 0 bridgehead atoms. The smallest absolute Gasteiger partial charge is 0.361 e. The van der Waals surface area contributed by atoms with Crippen molar-refractivity contribution in [2.45, 2.75) is 64.0 Å². The quantitative estimate of drug-likeness (QED) is 0.183. The van der Waals surface area contributed by atoms with Crippen LogP contribution in [-0.4, -0.2) is 46.8 Å². The first kappa shape index (κ1) is 27.6. The number of piperidine rings is 1. The monoisotopic (exact) mass is 556 g/mol. The second-order valence-electron chi connectivity index (χ2n) is 11.7. The van der Waals surface area contributed by atoms with Gasteiger partial charge >= 0.3 is 6.18 Å². The second kappa shape index (κ2) is 10.9. The summed E-state index contributed by atoms with van der Waals surface area (Å²) < 4.78 is 48.8. The summed E-state index contributed by atoms with van der Waals surface area (Å²) in [5, 5.41) is 1.54. The maximum absolute atomic E-state index is 12.9. The van der Waals surface area contributed by atoms with Crippen LogP contribution >= 0.6 is 0 Å². The number of rotatable bonds is 8. The zero-order valence-electron chi connectivity index (χ0n) is 22.7. The molecule has 5 rings (SSSR count). The van der Waals surface area contributed by atoms with E-state index >= 15 is 0 Å². The molecule has 0 spiro atoms. The standard InChI is InChI=1S/C29H35F3N4O2Si/c1-39(2,3)17-16-38-20-35-14-10-24-27-25(18-33-28(24)35)26(37)11-15-36(27)23-8-12-34(13-9-23)19-21-4-6-22(7-5-21)29(30,31)32/h4-7,10-11,14-15,18,23H,8-9,12-13,16-17,19-20H2,1-3H3. The van der Waals surface area contributed by atoms with Crippen LogP contribution in [0.15, 0.2) is 59.8 Å². The SMILES string of the molecule is C[Si](C)(C)CCOCn1ccc2c1ncc1c(=O)ccn(C3CCN(Cc4ccc(C(F)(F)F)cc4)CC3)c12. The lowest BCUT2D eigenvalue weighted by Crippen LogP contribution is -2.34. The van der Waals surface area contributed by atoms with Crippen LogP contribution < -0.4 is 5.43 Å². The van der Waals surface area contributed by atoms with Crippen molar-refractivity contribution in [3.8, 4) is 0 Å². The summed E-state index contributed by atoms with van der Waals surface area (Å²) in [7, 11) is -1.17. The number of benzene rings is 1. The van der Waals surface area contributed by atoms with Crippen LogP contribution in [0.2, 0.25) is 25.7 Å². The highest BCUT2D eigenvalue weighted by Gasteiger charge is 2.30. The van der Waals surface area contributed by atoms with E-state index in [9.17, 15) is 18.0 Å². The minimum Gasteiger partial charge on any atom is -0.361 e. The molecule has 1 aromatic carbocycles. The lowest BCUT2D eigenvalue weighted by molar-refractivity contribution is -0.137. The van der Waals surface area contributed by atoms with Crippen molar-refractivity contribution in [1.29, 1.82) is 0 Å². The first-order valence-corrected chi connectivity index (χ1v) is 17.2. The summed E-state index contributed by atoms with van der Waals surface area (Å²) in [6.07, 6.45) is 2.97. The summed E-state index contributed by atoms with van der Waals surface area (Å²) in [4.78, 5) is 19.6. The van der Waals surface area contributed by atoms with Crippen molar-refractivity contribution in [2.75, 3.05) is 19.7 Å². The molecule has 6 nitrogen and oxygen atoms in total. The van der Waals surface area contributed by atoms with E-state index in [-0.39, 0.29) is 11.5 Å². The van der Waals surface area contributed by atoms with Gasteiger partial charge in [0.05, 0.1) is 16.5 Å². The highest BCUT2D eigenvalue weighted by Crippen LogP contribution is 2.32. The van der Waals surface area contributed by atoms with Gasteiger partial charge in [0.25, 0.3) is 0 Å². The maximum Gasteiger partial charge on any atom is 0.416 e. The van der Waals surface area contributed by atoms with Gasteiger partial charge in [-0.15, -0.1) is 0 Å². The number of halogens is 3. The van der Waals surface area contributed by atoms with E-state index in [1.54, 1.807) is 24.4 Å². The predicted octanol–water partition coefficient (Wildman–Crippen LogP) is 6.52. The largest absolute Gasteiger partial charge is 0.416 e. The third kappa shape index (κ3) is 6.28. The number of aromatic nitrogens is 3. The van der Waals surface area contributed by atoms with Gasteiger partial charge < -0.3 is 13.9 Å². The fraction of sp³-hybridized carbons (Fsp3) is 0.448. The molecule has 1 aliphatic rings. The van der Waals surface area contributed by atoms with Crippen molar-refractivity contribution in [3.63, 3.8) is 0 Å². The molecule has 0 radical (unpaired) electrons. The molecule has 0 aliphatic carbocycles. The zero-order valence-corrected chi connectivity index (χ0v) is 23.7. The summed E-state index contributed by atoms with van der Waals surface area (Å²) in [5.41, 5.74) is 1.90. The van der Waals surface area contributed by atoms with Crippen molar-refractivity contribution >= 4 is 30.0 Å². The first-order chi connectivity index (χ1) is 18.5. The Morgan fingerprint density at radius 3 is 2.38 bits per heavy atom. The molecule has 10 heteroatoms. The van der Waals surface area contributed by atoms with Crippen LogP contribution in [0.4, 0.5) is 13.2 Å². The van der Waals surface area contributed by atoms with Gasteiger partial charge in [0, 0.05) is 70.4 Å². The lowest BCUT2D eigenvalue weighted by Gasteiger charge is -2.34. The molecular formula is C29H35F3N4O2Si. The number of likely N-dealkylation sites (tertiary alicyclic amines) is 1. The molecule has 3 aromatic heterocycles. The Balaban J connectivity index is 1.32. The highest BCUT2D eigenvalue weighted by atomic mass is 28.3. The molecule has 208 valence electrons. The van der Waals surface area contributed by atoms with Gasteiger partial charge in [-0.2, -0.15) is 13.2 Å². The molecule has 4 aromatic rings. The zero-order chi connectivity index (χ0) is 27.8. The first-order valence-electron chi connectivity index (χ1n) is 13.4. The fourth-order valence-corrected chi connectivity index (χ4v) is 6.01. The number of fused-ring (bicyclic) bond motifs is 3. The molecule has 0 N–H and O–H groups in total. The Bertz CT molecular complexity index is 1500. The van der Waals surface area contributed by atoms with E-state index in [0.717, 1.165) is 72.8 Å². The Hall–Kier alpha value is -2.95. The number of hydrogen-bond acceptors (Lipinski definition) is 4. The van der Waals surface area contributed by atoms with E-state index in [1.165, 1.54) is 0 Å². The summed E-state index contributed by atoms with van der Waals surface area (Å²) in [5.74, 6) is 0. The second-order valence-corrected chi connectivity index (χ2v) is 17.3. The Morgan fingerprint density at radius 2 is 1.72 bits per heavy atom. The van der Waals surface area contributed by atoms with E-state index in [4.69, 9.17) is 4.74 Å². The molecule has 1 saturated heterocycles. The number of hydrogen-bond donors (Lipinski definition) is 0. The third-order valence-corrected chi connectivity index (χ3v) is 9.24. The van der Waals surface area contributed by atoms with Crippen molar-refractivity contribution < 1.29 is 17.9 Å². The van der Waals surface area contributed by atoms with Gasteiger partial charge in [-0.3, -0.25) is 9.69 Å². The van der Waals surface area contributed by atoms with Gasteiger partial charge in [0.2, 0.25) is 0 Å². The fourth-order valence-electron chi connectivity index (χ4n) is 5.26. The molecule has 1 aliphatic heterocycles. The Kier molecular flexibility index (Phi) is 7.72. The average Bonchev–Trinajstić information content (AvgIpc) is 3.30. The van der Waals surface area contributed by atoms with Gasteiger partial charge in [0.1, 0.15) is 12.4 Å². The molecular weight excluding hydrogens is 521 g/mol. The molecule has 0 amide bonds. The Morgan fingerprint density at radius 1 is 1.00 bits per heavy atom. The van der Waals surface area contributed by atoms with Gasteiger partial charge in [-0.25, -0.2) is 4.98 Å². The molecule has 4 heterocycles. The number of pyridine rings is 2. The third-order valence-electron chi connectivity index (χ3n) is 7.54. The predicted molar refractivity (Wildman–Crippen MR) is 151 cm³/mol. The van der Waals surface area contributed by atoms with Crippen LogP contribution in [0.5, 0.6) is 0 Å². The molecule has 1 fully saturated rings. The van der Waals surface area contributed by atoms with Crippen LogP contribution in [-0.2, 0) is 24.2 Å². The van der Waals surface area contributed by atoms with Crippen molar-refractivity contribution in [1.82, 2.24) is 19.0 Å². The summed E-state index contributed by atoms with van der Waals surface area (Å²) in [6, 6.07) is 10.4. The van der Waals surface area contributed by atoms with E-state index in [1.807, 2.05) is 23.0 Å². The van der Waals surface area contributed by atoms with Gasteiger partial charge in [-0.1, -0.05) is 31.8 Å². The topological polar surface area (TPSA) is 52.3 Å². The van der Waals surface area contributed by atoms with Crippen molar-refractivity contribution in [2.24, 2.45) is 0 Å². The van der Waals surface area contributed by atoms with E-state index in [2.05, 4.69) is 34.1 Å². The summed E-state index contributed by atoms with van der Waals surface area (Å²) in [6.45, 7) is 10.4. The van der Waals surface area contributed by atoms with E-state index in [0.29, 0.717) is 18.7 Å². The normalized spacial score (nSPS) is 15.9. The van der Waals surface area contributed by atoms with Gasteiger partial charge in [0.15, 0.2) is 5.43 Å². The van der Waals surface area contributed by atoms with Gasteiger partial charge in [-0.05, 0) is 42.6 Å². The summed E-state index contributed by atoms with van der Waals surface area (Å²) >= 11 is 0. The number of nitrogens with zero attached hydrogens (tertiary/aromatic N) is 4. The molecule has 0 unspecified atom stereocenters. The highest BCUT2D eigenvalue weighted by molar-refractivity contribution is 6.76. The van der Waals surface area contributed by atoms with Crippen LogP contribution in [0.3, 0.4) is 0 Å². The number of alkyl halides is 3. The Labute approximate surface area is 227 Å². The molecule has 0 saturated carbocycles. The minimum absolute atomic E-state index is 0.0467. The van der Waals surface area contributed by atoms with Crippen molar-refractivity contribution in [3.05, 3.63) is 76.3 Å². The average molecular weight is 557 g/mol. The van der Waals surface area contributed by atoms with Crippen LogP contribution in [0.25, 0.3) is 21.9 Å². The van der Waals surface area contributed by atoms with E-state index < -0.39 is 19.8 Å². The van der Waals surface area contributed by atoms with Crippen LogP contribution in [0.1, 0.15) is 30.0 Å².